The molecular weight excluding hydrogens is 257 g/mol. The van der Waals surface area contributed by atoms with E-state index in [2.05, 4.69) is 14.8 Å². The molecule has 2 atom stereocenters. The van der Waals surface area contributed by atoms with Crippen LogP contribution in [-0.2, 0) is 23.9 Å². The fraction of sp³-hybridized carbons (Fsp3) is 0.455. The zero-order valence-corrected chi connectivity index (χ0v) is 11.2. The van der Waals surface area contributed by atoms with Crippen LogP contribution in [0.1, 0.15) is 18.6 Å². The number of ether oxygens (including phenoxy) is 1. The van der Waals surface area contributed by atoms with Gasteiger partial charge < -0.3 is 4.74 Å². The molecule has 0 saturated heterocycles. The van der Waals surface area contributed by atoms with Gasteiger partial charge in [0.05, 0.1) is 7.11 Å². The maximum atomic E-state index is 11.8. The molecular formula is C11H14NO5P. The Kier molecular flexibility index (Phi) is 5.34. The van der Waals surface area contributed by atoms with Gasteiger partial charge in [0.25, 0.3) is 0 Å². The lowest BCUT2D eigenvalue weighted by Crippen LogP contribution is -2.38. The number of pyridine rings is 1. The quantitative estimate of drug-likeness (QED) is 0.447. The Hall–Kier alpha value is -1.36. The second-order valence-corrected chi connectivity index (χ2v) is 4.79. The molecule has 1 heterocycles. The summed E-state index contributed by atoms with van der Waals surface area (Å²) in [5.74, 6) is -0.780. The predicted molar refractivity (Wildman–Crippen MR) is 63.1 cm³/mol. The van der Waals surface area contributed by atoms with Gasteiger partial charge in [-0.05, 0) is 13.0 Å². The first-order valence-corrected chi connectivity index (χ1v) is 5.93. The summed E-state index contributed by atoms with van der Waals surface area (Å²) in [5, 5.41) is -1.41. The van der Waals surface area contributed by atoms with Gasteiger partial charge in [-0.15, -0.1) is 0 Å². The monoisotopic (exact) mass is 271 g/mol. The maximum absolute atomic E-state index is 11.8. The van der Waals surface area contributed by atoms with Gasteiger partial charge in [0, 0.05) is 25.1 Å². The van der Waals surface area contributed by atoms with Crippen LogP contribution in [-0.4, -0.2) is 30.3 Å². The summed E-state index contributed by atoms with van der Waals surface area (Å²) in [6, 6.07) is 3.43. The van der Waals surface area contributed by atoms with Crippen molar-refractivity contribution in [3.63, 3.8) is 0 Å². The zero-order chi connectivity index (χ0) is 13.6. The molecule has 0 N–H and O–H groups in total. The number of rotatable bonds is 6. The third kappa shape index (κ3) is 2.90. The van der Waals surface area contributed by atoms with Crippen molar-refractivity contribution in [2.24, 2.45) is 0 Å². The van der Waals surface area contributed by atoms with E-state index in [0.29, 0.717) is 5.56 Å². The Labute approximate surface area is 106 Å². The largest absolute Gasteiger partial charge is 0.375 e. The van der Waals surface area contributed by atoms with E-state index in [1.54, 1.807) is 18.3 Å². The highest BCUT2D eigenvalue weighted by atomic mass is 31.1. The Morgan fingerprint density at radius 2 is 2.22 bits per heavy atom. The van der Waals surface area contributed by atoms with E-state index in [4.69, 9.17) is 4.74 Å². The smallest absolute Gasteiger partial charge is 0.362 e. The highest BCUT2D eigenvalue weighted by molar-refractivity contribution is 7.27. The van der Waals surface area contributed by atoms with Crippen LogP contribution in [0.3, 0.4) is 0 Å². The molecule has 2 unspecified atom stereocenters. The molecule has 1 aromatic heterocycles. The Morgan fingerprint density at radius 3 is 2.67 bits per heavy atom. The summed E-state index contributed by atoms with van der Waals surface area (Å²) in [7, 11) is 2.19. The molecule has 6 nitrogen and oxygen atoms in total. The summed E-state index contributed by atoms with van der Waals surface area (Å²) in [4.78, 5) is 24.5. The molecule has 1 aromatic rings. The third-order valence-electron chi connectivity index (χ3n) is 2.50. The van der Waals surface area contributed by atoms with Gasteiger partial charge in [0.1, 0.15) is 6.10 Å². The molecule has 0 radical (unpaired) electrons. The number of aromatic nitrogens is 1. The number of methoxy groups -OCH3 is 1. The third-order valence-corrected chi connectivity index (χ3v) is 3.29. The number of nitrogens with zero attached hydrogens (tertiary/aromatic N) is 1. The molecule has 1 rings (SSSR count). The summed E-state index contributed by atoms with van der Waals surface area (Å²) in [6.07, 6.45) is 2.38. The summed E-state index contributed by atoms with van der Waals surface area (Å²) >= 11 is 0. The fourth-order valence-corrected chi connectivity index (χ4v) is 2.04. The fourth-order valence-electron chi connectivity index (χ4n) is 1.57. The standard InChI is InChI=1S/C11H14NO5P/c1-11(18-14,10(13)17-16-3)9(15-2)8-5-4-6-12-7-8/h4-7,9H,1-3H3. The van der Waals surface area contributed by atoms with Crippen LogP contribution in [0.25, 0.3) is 0 Å². The van der Waals surface area contributed by atoms with E-state index in [0.717, 1.165) is 0 Å². The highest BCUT2D eigenvalue weighted by Crippen LogP contribution is 2.39. The molecule has 0 aliphatic rings. The van der Waals surface area contributed by atoms with Crippen LogP contribution >= 0.6 is 8.46 Å². The van der Waals surface area contributed by atoms with Gasteiger partial charge >= 0.3 is 5.97 Å². The van der Waals surface area contributed by atoms with E-state index in [-0.39, 0.29) is 0 Å². The number of carbonyl (C=O) groups excluding carboxylic acids is 1. The lowest BCUT2D eigenvalue weighted by molar-refractivity contribution is -0.259. The molecule has 0 aliphatic heterocycles. The second-order valence-electron chi connectivity index (χ2n) is 3.68. The van der Waals surface area contributed by atoms with Crippen LogP contribution in [0.5, 0.6) is 0 Å². The van der Waals surface area contributed by atoms with Crippen molar-refractivity contribution < 1.29 is 23.9 Å². The van der Waals surface area contributed by atoms with Crippen molar-refractivity contribution in [2.75, 3.05) is 14.2 Å². The van der Waals surface area contributed by atoms with Gasteiger partial charge in [0.15, 0.2) is 13.6 Å². The molecule has 18 heavy (non-hydrogen) atoms. The Morgan fingerprint density at radius 1 is 1.50 bits per heavy atom. The topological polar surface area (TPSA) is 74.7 Å². The molecule has 0 amide bonds. The molecule has 0 aromatic carbocycles. The van der Waals surface area contributed by atoms with E-state index in [1.165, 1.54) is 27.3 Å². The second kappa shape index (κ2) is 6.54. The summed E-state index contributed by atoms with van der Waals surface area (Å²) < 4.78 is 16.6. The molecule has 0 aliphatic carbocycles. The van der Waals surface area contributed by atoms with Crippen LogP contribution in [0.2, 0.25) is 0 Å². The van der Waals surface area contributed by atoms with E-state index >= 15 is 0 Å². The summed E-state index contributed by atoms with van der Waals surface area (Å²) in [5.41, 5.74) is 0.624. The number of hydrogen-bond acceptors (Lipinski definition) is 6. The molecule has 0 bridgehead atoms. The molecule has 98 valence electrons. The number of hydrogen-bond donors (Lipinski definition) is 0. The van der Waals surface area contributed by atoms with Crippen molar-refractivity contribution in [1.82, 2.24) is 4.98 Å². The van der Waals surface area contributed by atoms with Gasteiger partial charge in [-0.3, -0.25) is 14.4 Å². The SMILES string of the molecule is COOC(=O)C(C)(P=O)C(OC)c1cccnc1. The lowest BCUT2D eigenvalue weighted by Gasteiger charge is -2.27. The molecule has 0 spiro atoms. The van der Waals surface area contributed by atoms with Crippen molar-refractivity contribution in [3.05, 3.63) is 30.1 Å². The van der Waals surface area contributed by atoms with E-state index in [9.17, 15) is 9.36 Å². The van der Waals surface area contributed by atoms with E-state index < -0.39 is 25.7 Å². The highest BCUT2D eigenvalue weighted by Gasteiger charge is 2.46. The number of carbonyl (C=O) groups is 1. The molecule has 7 heteroatoms. The van der Waals surface area contributed by atoms with Crippen LogP contribution in [0.15, 0.2) is 24.5 Å². The average molecular weight is 271 g/mol. The first-order valence-electron chi connectivity index (χ1n) is 5.12. The minimum absolute atomic E-state index is 0.431. The molecule has 0 fully saturated rings. The molecule has 0 saturated carbocycles. The van der Waals surface area contributed by atoms with Crippen molar-refractivity contribution in [1.29, 1.82) is 0 Å². The predicted octanol–water partition coefficient (Wildman–Crippen LogP) is 1.92. The van der Waals surface area contributed by atoms with Gasteiger partial charge in [-0.2, -0.15) is 4.89 Å². The van der Waals surface area contributed by atoms with Crippen molar-refractivity contribution >= 4 is 14.4 Å². The Balaban J connectivity index is 3.11. The van der Waals surface area contributed by atoms with Crippen LogP contribution < -0.4 is 0 Å². The zero-order valence-electron chi connectivity index (χ0n) is 10.3. The minimum Gasteiger partial charge on any atom is -0.375 e. The first kappa shape index (κ1) is 14.7. The van der Waals surface area contributed by atoms with Crippen molar-refractivity contribution in [3.8, 4) is 0 Å². The minimum atomic E-state index is -1.41. The lowest BCUT2D eigenvalue weighted by atomic mass is 9.97. The first-order chi connectivity index (χ1) is 8.60. The van der Waals surface area contributed by atoms with Crippen molar-refractivity contribution in [2.45, 2.75) is 18.2 Å². The average Bonchev–Trinajstić information content (AvgIpc) is 2.40. The van der Waals surface area contributed by atoms with Gasteiger partial charge in [0.2, 0.25) is 0 Å². The van der Waals surface area contributed by atoms with Crippen LogP contribution in [0.4, 0.5) is 0 Å². The van der Waals surface area contributed by atoms with E-state index in [1.807, 2.05) is 0 Å². The van der Waals surface area contributed by atoms with Gasteiger partial charge in [-0.25, -0.2) is 4.79 Å². The van der Waals surface area contributed by atoms with Crippen LogP contribution in [0, 0.1) is 0 Å². The summed E-state index contributed by atoms with van der Waals surface area (Å²) in [6.45, 7) is 1.46. The Bertz CT molecular complexity index is 413. The normalized spacial score (nSPS) is 15.9. The van der Waals surface area contributed by atoms with Gasteiger partial charge in [-0.1, -0.05) is 6.07 Å². The maximum Gasteiger partial charge on any atom is 0.362 e.